The van der Waals surface area contributed by atoms with Gasteiger partial charge >= 0.3 is 0 Å². The first-order valence-electron chi connectivity index (χ1n) is 10.8. The Morgan fingerprint density at radius 1 is 1.12 bits per heavy atom. The summed E-state index contributed by atoms with van der Waals surface area (Å²) in [6.45, 7) is 5.36. The van der Waals surface area contributed by atoms with Gasteiger partial charge in [0.2, 0.25) is 10.0 Å². The number of thiazole rings is 1. The van der Waals surface area contributed by atoms with Gasteiger partial charge in [-0.25, -0.2) is 12.8 Å². The minimum absolute atomic E-state index is 0.0642. The van der Waals surface area contributed by atoms with Gasteiger partial charge in [0, 0.05) is 25.6 Å². The molecule has 0 saturated carbocycles. The highest BCUT2D eigenvalue weighted by molar-refractivity contribution is 7.89. The van der Waals surface area contributed by atoms with E-state index < -0.39 is 15.8 Å². The van der Waals surface area contributed by atoms with Crippen LogP contribution >= 0.6 is 11.3 Å². The number of nitrogens with zero attached hydrogens (tertiary/aromatic N) is 3. The number of para-hydroxylation sites is 1. The molecule has 170 valence electrons. The summed E-state index contributed by atoms with van der Waals surface area (Å²) < 4.78 is 43.3. The zero-order valence-corrected chi connectivity index (χ0v) is 19.8. The predicted molar refractivity (Wildman–Crippen MR) is 123 cm³/mol. The summed E-state index contributed by atoms with van der Waals surface area (Å²) in [5.41, 5.74) is 2.36. The molecular weight excluding hydrogens is 449 g/mol. The van der Waals surface area contributed by atoms with Gasteiger partial charge in [0.05, 0.1) is 15.1 Å². The Balaban J connectivity index is 1.53. The fraction of sp³-hybridized carbons (Fsp3) is 0.391. The van der Waals surface area contributed by atoms with Crippen molar-refractivity contribution in [2.45, 2.75) is 44.6 Å². The third-order valence-electron chi connectivity index (χ3n) is 5.94. The first kappa shape index (κ1) is 22.8. The second-order valence-corrected chi connectivity index (χ2v) is 10.8. The van der Waals surface area contributed by atoms with Gasteiger partial charge in [-0.1, -0.05) is 30.4 Å². The van der Waals surface area contributed by atoms with Crippen molar-refractivity contribution in [3.05, 3.63) is 58.6 Å². The maximum Gasteiger partial charge on any atom is 0.251 e. The van der Waals surface area contributed by atoms with E-state index in [-0.39, 0.29) is 29.8 Å². The molecule has 1 fully saturated rings. The van der Waals surface area contributed by atoms with Crippen molar-refractivity contribution in [3.63, 3.8) is 0 Å². The molecule has 0 N–H and O–H groups in total. The standard InChI is InChI=1S/C23H26FN3O3S2/c1-3-16-6-5-7-20-21(16)27(4-2)23(31-20)25-22(28)17-12-14-26(15-13-17)32(29,30)19-10-8-18(24)9-11-19/h5-11,17H,3-4,12-15H2,1-2H3. The van der Waals surface area contributed by atoms with Crippen molar-refractivity contribution in [2.75, 3.05) is 13.1 Å². The van der Waals surface area contributed by atoms with Crippen LogP contribution in [-0.2, 0) is 27.8 Å². The summed E-state index contributed by atoms with van der Waals surface area (Å²) in [5, 5.41) is 0. The van der Waals surface area contributed by atoms with Crippen LogP contribution in [0.5, 0.6) is 0 Å². The minimum atomic E-state index is -3.70. The molecule has 32 heavy (non-hydrogen) atoms. The molecule has 6 nitrogen and oxygen atoms in total. The highest BCUT2D eigenvalue weighted by atomic mass is 32.2. The molecule has 3 aromatic rings. The van der Waals surface area contributed by atoms with Crippen molar-refractivity contribution in [2.24, 2.45) is 10.9 Å². The maximum atomic E-state index is 13.1. The van der Waals surface area contributed by atoms with E-state index in [1.54, 1.807) is 0 Å². The van der Waals surface area contributed by atoms with Crippen LogP contribution in [0, 0.1) is 11.7 Å². The Hall–Kier alpha value is -2.36. The number of carbonyl (C=O) groups excluding carboxylic acids is 1. The molecule has 0 bridgehead atoms. The van der Waals surface area contributed by atoms with Crippen molar-refractivity contribution in [3.8, 4) is 0 Å². The fourth-order valence-corrected chi connectivity index (χ4v) is 6.77. The molecule has 1 amide bonds. The quantitative estimate of drug-likeness (QED) is 0.561. The number of hydrogen-bond donors (Lipinski definition) is 0. The third kappa shape index (κ3) is 4.29. The Bertz CT molecular complexity index is 1300. The summed E-state index contributed by atoms with van der Waals surface area (Å²) in [6, 6.07) is 11.0. The molecule has 0 atom stereocenters. The molecule has 0 spiro atoms. The summed E-state index contributed by atoms with van der Waals surface area (Å²) in [7, 11) is -3.70. The molecule has 9 heteroatoms. The number of hydrogen-bond acceptors (Lipinski definition) is 4. The first-order chi connectivity index (χ1) is 15.3. The topological polar surface area (TPSA) is 71.7 Å². The molecule has 4 rings (SSSR count). The van der Waals surface area contributed by atoms with Crippen LogP contribution in [0.1, 0.15) is 32.3 Å². The van der Waals surface area contributed by atoms with Crippen LogP contribution < -0.4 is 4.80 Å². The van der Waals surface area contributed by atoms with Gasteiger partial charge in [-0.05, 0) is 62.1 Å². The fourth-order valence-electron chi connectivity index (χ4n) is 4.15. The first-order valence-corrected chi connectivity index (χ1v) is 13.1. The predicted octanol–water partition coefficient (Wildman–Crippen LogP) is 3.95. The van der Waals surface area contributed by atoms with E-state index in [2.05, 4.69) is 22.5 Å². The van der Waals surface area contributed by atoms with Gasteiger partial charge in [-0.15, -0.1) is 0 Å². The summed E-state index contributed by atoms with van der Waals surface area (Å²) >= 11 is 1.51. The smallest absolute Gasteiger partial charge is 0.251 e. The molecule has 1 aromatic heterocycles. The molecule has 0 radical (unpaired) electrons. The number of benzene rings is 2. The second-order valence-electron chi connectivity index (χ2n) is 7.83. The number of halogens is 1. The minimum Gasteiger partial charge on any atom is -0.316 e. The van der Waals surface area contributed by atoms with E-state index in [9.17, 15) is 17.6 Å². The normalized spacial score (nSPS) is 16.7. The number of carbonyl (C=O) groups is 1. The highest BCUT2D eigenvalue weighted by Crippen LogP contribution is 2.26. The van der Waals surface area contributed by atoms with Crippen molar-refractivity contribution < 1.29 is 17.6 Å². The molecule has 0 unspecified atom stereocenters. The second kappa shape index (κ2) is 9.25. The zero-order chi connectivity index (χ0) is 22.9. The highest BCUT2D eigenvalue weighted by Gasteiger charge is 2.32. The number of aryl methyl sites for hydroxylation is 2. The Labute approximate surface area is 191 Å². The monoisotopic (exact) mass is 475 g/mol. The van der Waals surface area contributed by atoms with E-state index >= 15 is 0 Å². The number of aromatic nitrogens is 1. The average molecular weight is 476 g/mol. The van der Waals surface area contributed by atoms with E-state index in [0.717, 1.165) is 35.3 Å². The number of sulfonamides is 1. The van der Waals surface area contributed by atoms with Crippen LogP contribution in [0.2, 0.25) is 0 Å². The number of rotatable bonds is 5. The van der Waals surface area contributed by atoms with Gasteiger partial charge in [-0.3, -0.25) is 4.79 Å². The van der Waals surface area contributed by atoms with Crippen molar-refractivity contribution >= 4 is 37.5 Å². The zero-order valence-electron chi connectivity index (χ0n) is 18.1. The van der Waals surface area contributed by atoms with Gasteiger partial charge in [0.1, 0.15) is 5.82 Å². The van der Waals surface area contributed by atoms with Crippen molar-refractivity contribution in [1.82, 2.24) is 8.87 Å². The van der Waals surface area contributed by atoms with E-state index in [0.29, 0.717) is 17.6 Å². The lowest BCUT2D eigenvalue weighted by atomic mass is 9.98. The lowest BCUT2D eigenvalue weighted by molar-refractivity contribution is -0.122. The van der Waals surface area contributed by atoms with Gasteiger partial charge in [-0.2, -0.15) is 9.30 Å². The van der Waals surface area contributed by atoms with Gasteiger partial charge < -0.3 is 4.57 Å². The summed E-state index contributed by atoms with van der Waals surface area (Å²) in [4.78, 5) is 18.2. The van der Waals surface area contributed by atoms with E-state index in [4.69, 9.17) is 0 Å². The van der Waals surface area contributed by atoms with Crippen molar-refractivity contribution in [1.29, 1.82) is 0 Å². The molecular formula is C23H26FN3O3S2. The number of fused-ring (bicyclic) bond motifs is 1. The SMILES string of the molecule is CCc1cccc2sc(=NC(=O)C3CCN(S(=O)(=O)c4ccc(F)cc4)CC3)n(CC)c12. The average Bonchev–Trinajstić information content (AvgIpc) is 3.16. The van der Waals surface area contributed by atoms with Gasteiger partial charge in [0.15, 0.2) is 4.80 Å². The maximum absolute atomic E-state index is 13.1. The lowest BCUT2D eigenvalue weighted by Gasteiger charge is -2.29. The molecule has 2 heterocycles. The third-order valence-corrected chi connectivity index (χ3v) is 8.90. The molecule has 1 saturated heterocycles. The number of amides is 1. The molecule has 0 aliphatic carbocycles. The van der Waals surface area contributed by atoms with E-state index in [1.807, 2.05) is 19.1 Å². The Morgan fingerprint density at radius 2 is 1.81 bits per heavy atom. The van der Waals surface area contributed by atoms with Crippen LogP contribution in [0.15, 0.2) is 52.4 Å². The molecule has 2 aromatic carbocycles. The largest absolute Gasteiger partial charge is 0.316 e. The molecule has 1 aliphatic heterocycles. The van der Waals surface area contributed by atoms with Crippen LogP contribution in [-0.4, -0.2) is 36.3 Å². The van der Waals surface area contributed by atoms with Crippen LogP contribution in [0.25, 0.3) is 10.2 Å². The Morgan fingerprint density at radius 3 is 2.44 bits per heavy atom. The Kier molecular flexibility index (Phi) is 6.60. The summed E-state index contributed by atoms with van der Waals surface area (Å²) in [6.07, 6.45) is 1.74. The van der Waals surface area contributed by atoms with Crippen LogP contribution in [0.4, 0.5) is 4.39 Å². The van der Waals surface area contributed by atoms with Crippen LogP contribution in [0.3, 0.4) is 0 Å². The number of piperidine rings is 1. The lowest BCUT2D eigenvalue weighted by Crippen LogP contribution is -2.40. The van der Waals surface area contributed by atoms with Gasteiger partial charge in [0.25, 0.3) is 5.91 Å². The molecule has 1 aliphatic rings. The summed E-state index contributed by atoms with van der Waals surface area (Å²) in [5.74, 6) is -0.988. The van der Waals surface area contributed by atoms with E-state index in [1.165, 1.54) is 33.3 Å².